The van der Waals surface area contributed by atoms with Crippen LogP contribution in [0.25, 0.3) is 0 Å². The molecule has 2 aliphatic carbocycles. The Labute approximate surface area is 435 Å². The number of urea groups is 2. The van der Waals surface area contributed by atoms with E-state index < -0.39 is 20.0 Å². The van der Waals surface area contributed by atoms with E-state index in [1.54, 1.807) is 24.3 Å². The highest BCUT2D eigenvalue weighted by atomic mass is 32.2. The maximum Gasteiger partial charge on any atom is 0.314 e. The molecule has 0 radical (unpaired) electrons. The van der Waals surface area contributed by atoms with E-state index in [4.69, 9.17) is 37.9 Å². The molecule has 20 nitrogen and oxygen atoms in total. The van der Waals surface area contributed by atoms with E-state index in [2.05, 4.69) is 55.0 Å². The zero-order chi connectivity index (χ0) is 52.1. The summed E-state index contributed by atoms with van der Waals surface area (Å²) < 4.78 is 101. The third-order valence-corrected chi connectivity index (χ3v) is 14.7. The van der Waals surface area contributed by atoms with Crippen molar-refractivity contribution >= 4 is 32.1 Å². The summed E-state index contributed by atoms with van der Waals surface area (Å²) in [6.07, 6.45) is 5.01. The molecule has 4 amide bonds. The molecule has 4 aromatic carbocycles. The van der Waals surface area contributed by atoms with Gasteiger partial charge in [-0.3, -0.25) is 0 Å². The topological polar surface area (TPSA) is 248 Å². The monoisotopic (exact) mass is 1070 g/mol. The number of unbranched alkanes of at least 4 members (excludes halogenated alkanes) is 1. The van der Waals surface area contributed by atoms with Crippen LogP contribution in [0.5, 0.6) is 11.5 Å². The SMILES string of the molecule is O=C(NCCCCNC(=O)NCCOCCOCCOCCNS(=O)(=O)c1ccc(OC2CCc3ccccc32)cc1)NCCOCCOCCOCCNS(=O)(=O)c1ccc(OC2CCc3ccccc32)cc1. The van der Waals surface area contributed by atoms with Crippen molar-refractivity contribution in [3.63, 3.8) is 0 Å². The number of amides is 4. The Bertz CT molecular complexity index is 2330. The third kappa shape index (κ3) is 20.7. The zero-order valence-electron chi connectivity index (χ0n) is 41.9. The molecule has 6 rings (SSSR count). The molecular weight excluding hydrogens is 997 g/mol. The van der Waals surface area contributed by atoms with Crippen molar-refractivity contribution in [1.29, 1.82) is 0 Å². The Morgan fingerprint density at radius 2 is 0.730 bits per heavy atom. The van der Waals surface area contributed by atoms with E-state index >= 15 is 0 Å². The van der Waals surface area contributed by atoms with Crippen LogP contribution in [0, 0.1) is 0 Å². The van der Waals surface area contributed by atoms with Gasteiger partial charge in [-0.05, 0) is 109 Å². The van der Waals surface area contributed by atoms with Gasteiger partial charge in [-0.1, -0.05) is 48.5 Å². The van der Waals surface area contributed by atoms with Crippen LogP contribution in [0.4, 0.5) is 9.59 Å². The fourth-order valence-corrected chi connectivity index (χ4v) is 10.0. The number of carbonyl (C=O) groups excluding carboxylic acids is 2. The Balaban J connectivity index is 0.630. The van der Waals surface area contributed by atoms with Gasteiger partial charge in [-0.25, -0.2) is 35.9 Å². The number of ether oxygens (including phenoxy) is 8. The number of carbonyl (C=O) groups is 2. The third-order valence-electron chi connectivity index (χ3n) is 11.8. The van der Waals surface area contributed by atoms with Crippen LogP contribution in [0.15, 0.2) is 107 Å². The van der Waals surface area contributed by atoms with Crippen LogP contribution < -0.4 is 40.2 Å². The van der Waals surface area contributed by atoms with Crippen molar-refractivity contribution in [2.75, 3.05) is 119 Å². The first kappa shape index (κ1) is 57.9. The van der Waals surface area contributed by atoms with Gasteiger partial charge in [0.05, 0.1) is 89.1 Å². The lowest BCUT2D eigenvalue weighted by Crippen LogP contribution is -2.39. The largest absolute Gasteiger partial charge is 0.486 e. The van der Waals surface area contributed by atoms with E-state index in [1.165, 1.54) is 46.5 Å². The quantitative estimate of drug-likeness (QED) is 0.0340. The van der Waals surface area contributed by atoms with Gasteiger partial charge in [-0.2, -0.15) is 0 Å². The highest BCUT2D eigenvalue weighted by Gasteiger charge is 2.25. The minimum absolute atomic E-state index is 0.0337. The maximum absolute atomic E-state index is 12.7. The second kappa shape index (κ2) is 32.1. The highest BCUT2D eigenvalue weighted by Crippen LogP contribution is 2.36. The Morgan fingerprint density at radius 1 is 0.405 bits per heavy atom. The number of aryl methyl sites for hydroxylation is 2. The molecule has 406 valence electrons. The summed E-state index contributed by atoms with van der Waals surface area (Å²) >= 11 is 0. The summed E-state index contributed by atoms with van der Waals surface area (Å²) in [5.74, 6) is 1.25. The minimum Gasteiger partial charge on any atom is -0.486 e. The first-order valence-electron chi connectivity index (χ1n) is 25.3. The Hall–Kier alpha value is -5.40. The molecule has 2 unspecified atom stereocenters. The predicted molar refractivity (Wildman–Crippen MR) is 276 cm³/mol. The van der Waals surface area contributed by atoms with E-state index in [1.807, 2.05) is 24.3 Å². The number of nitrogens with one attached hydrogen (secondary N) is 6. The van der Waals surface area contributed by atoms with Gasteiger partial charge in [0, 0.05) is 39.3 Å². The van der Waals surface area contributed by atoms with E-state index in [9.17, 15) is 26.4 Å². The molecule has 0 fully saturated rings. The number of hydrogen-bond donors (Lipinski definition) is 6. The fourth-order valence-electron chi connectivity index (χ4n) is 8.00. The van der Waals surface area contributed by atoms with Crippen molar-refractivity contribution in [2.24, 2.45) is 0 Å². The molecule has 0 aliphatic heterocycles. The van der Waals surface area contributed by atoms with Crippen molar-refractivity contribution in [3.05, 3.63) is 119 Å². The molecule has 2 aliphatic rings. The zero-order valence-corrected chi connectivity index (χ0v) is 43.5. The van der Waals surface area contributed by atoms with Crippen molar-refractivity contribution < 1.29 is 64.3 Å². The molecular formula is C52H72N6O14S2. The fraction of sp³-hybridized carbons (Fsp3) is 0.500. The second-order valence-electron chi connectivity index (χ2n) is 17.2. The van der Waals surface area contributed by atoms with Crippen molar-refractivity contribution in [3.8, 4) is 11.5 Å². The molecule has 2 atom stereocenters. The molecule has 0 bridgehead atoms. The van der Waals surface area contributed by atoms with Crippen LogP contribution in [0.3, 0.4) is 0 Å². The van der Waals surface area contributed by atoms with Gasteiger partial charge >= 0.3 is 12.1 Å². The van der Waals surface area contributed by atoms with Gasteiger partial charge in [-0.15, -0.1) is 0 Å². The van der Waals surface area contributed by atoms with Gasteiger partial charge in [0.2, 0.25) is 20.0 Å². The molecule has 22 heteroatoms. The highest BCUT2D eigenvalue weighted by molar-refractivity contribution is 7.89. The summed E-state index contributed by atoms with van der Waals surface area (Å²) in [4.78, 5) is 24.3. The van der Waals surface area contributed by atoms with Crippen LogP contribution in [-0.4, -0.2) is 147 Å². The number of benzene rings is 4. The van der Waals surface area contributed by atoms with Gasteiger partial charge in [0.1, 0.15) is 23.7 Å². The summed E-state index contributed by atoms with van der Waals surface area (Å²) in [5.41, 5.74) is 4.93. The van der Waals surface area contributed by atoms with Crippen molar-refractivity contribution in [1.82, 2.24) is 30.7 Å². The average Bonchev–Trinajstić information content (AvgIpc) is 4.01. The molecule has 0 saturated carbocycles. The lowest BCUT2D eigenvalue weighted by atomic mass is 10.1. The lowest BCUT2D eigenvalue weighted by Gasteiger charge is -2.15. The smallest absolute Gasteiger partial charge is 0.314 e. The Kier molecular flexibility index (Phi) is 25.1. The van der Waals surface area contributed by atoms with Gasteiger partial charge in [0.25, 0.3) is 0 Å². The van der Waals surface area contributed by atoms with Crippen LogP contribution in [-0.2, 0) is 61.3 Å². The number of fused-ring (bicyclic) bond motifs is 2. The van der Waals surface area contributed by atoms with Gasteiger partial charge < -0.3 is 59.2 Å². The maximum atomic E-state index is 12.7. The Morgan fingerprint density at radius 3 is 1.11 bits per heavy atom. The normalized spacial score (nSPS) is 15.0. The molecule has 0 spiro atoms. The predicted octanol–water partition coefficient (Wildman–Crippen LogP) is 4.55. The van der Waals surface area contributed by atoms with Crippen molar-refractivity contribution in [2.45, 2.75) is 60.5 Å². The van der Waals surface area contributed by atoms with Crippen LogP contribution >= 0.6 is 0 Å². The lowest BCUT2D eigenvalue weighted by molar-refractivity contribution is 0.0165. The van der Waals surface area contributed by atoms with Gasteiger partial charge in [0.15, 0.2) is 0 Å². The summed E-state index contributed by atoms with van der Waals surface area (Å²) in [6.45, 7) is 5.39. The first-order chi connectivity index (χ1) is 36.1. The standard InChI is InChI=1S/C52H72N6O14S2/c59-51(55-25-29-65-33-37-69-39-35-67-31-27-57-73(61,62)45-17-13-43(14-18-45)71-49-21-11-41-7-1-3-9-47(41)49)53-23-5-6-24-54-52(60)56-26-30-66-34-38-70-40-36-68-32-28-58-74(63,64)46-19-15-44(16-20-46)72-50-22-12-42-8-2-4-10-48(42)50/h1-4,7-10,13-20,49-50,57-58H,5-6,11-12,21-40H2,(H2,53,55,59)(H2,54,56,60). The molecule has 0 saturated heterocycles. The first-order valence-corrected chi connectivity index (χ1v) is 28.2. The summed E-state index contributed by atoms with van der Waals surface area (Å²) in [5, 5.41) is 11.0. The second-order valence-corrected chi connectivity index (χ2v) is 20.7. The molecule has 0 heterocycles. The van der Waals surface area contributed by atoms with E-state index in [-0.39, 0.29) is 60.4 Å². The number of rotatable bonds is 37. The number of sulfonamides is 2. The molecule has 6 N–H and O–H groups in total. The summed E-state index contributed by atoms with van der Waals surface area (Å²) in [6, 6.07) is 28.6. The average molecular weight is 1070 g/mol. The minimum atomic E-state index is -3.69. The van der Waals surface area contributed by atoms with Crippen LogP contribution in [0.1, 0.15) is 60.1 Å². The van der Waals surface area contributed by atoms with Crippen LogP contribution in [0.2, 0.25) is 0 Å². The molecule has 74 heavy (non-hydrogen) atoms. The molecule has 4 aromatic rings. The van der Waals surface area contributed by atoms with E-state index in [0.29, 0.717) is 117 Å². The molecule has 0 aromatic heterocycles. The summed E-state index contributed by atoms with van der Waals surface area (Å²) in [7, 11) is -7.39. The number of hydrogen-bond acceptors (Lipinski definition) is 14. The van der Waals surface area contributed by atoms with E-state index in [0.717, 1.165) is 25.7 Å².